The number of hydrogen-bond acceptors (Lipinski definition) is 5. The lowest BCUT2D eigenvalue weighted by molar-refractivity contribution is 0.408. The SMILES string of the molecule is CNC1(c2nccs2)CCS(=O)(=O)C1. The van der Waals surface area contributed by atoms with Crippen molar-refractivity contribution in [1.29, 1.82) is 0 Å². The van der Waals surface area contributed by atoms with Crippen molar-refractivity contribution in [1.82, 2.24) is 10.3 Å². The number of nitrogens with one attached hydrogen (secondary N) is 1. The van der Waals surface area contributed by atoms with E-state index in [0.717, 1.165) is 5.01 Å². The van der Waals surface area contributed by atoms with E-state index in [-0.39, 0.29) is 11.5 Å². The van der Waals surface area contributed by atoms with E-state index in [4.69, 9.17) is 0 Å². The molecule has 4 nitrogen and oxygen atoms in total. The predicted octanol–water partition coefficient (Wildman–Crippen LogP) is 0.376. The molecule has 0 amide bonds. The lowest BCUT2D eigenvalue weighted by atomic mass is 10.0. The third-order valence-corrected chi connectivity index (χ3v) is 5.36. The van der Waals surface area contributed by atoms with E-state index in [2.05, 4.69) is 10.3 Å². The molecule has 2 rings (SSSR count). The molecule has 14 heavy (non-hydrogen) atoms. The topological polar surface area (TPSA) is 59.1 Å². The van der Waals surface area contributed by atoms with Gasteiger partial charge in [0, 0.05) is 11.6 Å². The van der Waals surface area contributed by atoms with Crippen molar-refractivity contribution in [3.05, 3.63) is 16.6 Å². The minimum absolute atomic E-state index is 0.171. The normalized spacial score (nSPS) is 30.6. The van der Waals surface area contributed by atoms with Crippen LogP contribution in [0.4, 0.5) is 0 Å². The number of rotatable bonds is 2. The Bertz CT molecular complexity index is 413. The van der Waals surface area contributed by atoms with Crippen molar-refractivity contribution in [3.8, 4) is 0 Å². The first-order chi connectivity index (χ1) is 6.58. The van der Waals surface area contributed by atoms with E-state index in [1.165, 1.54) is 11.3 Å². The number of nitrogens with zero attached hydrogens (tertiary/aromatic N) is 1. The molecule has 1 N–H and O–H groups in total. The Kier molecular flexibility index (Phi) is 2.36. The van der Waals surface area contributed by atoms with Gasteiger partial charge in [-0.3, -0.25) is 0 Å². The third kappa shape index (κ3) is 1.57. The van der Waals surface area contributed by atoms with Crippen LogP contribution in [0.15, 0.2) is 11.6 Å². The van der Waals surface area contributed by atoms with Gasteiger partial charge in [-0.2, -0.15) is 0 Å². The average Bonchev–Trinajstić information content (AvgIpc) is 2.72. The van der Waals surface area contributed by atoms with Crippen molar-refractivity contribution >= 4 is 21.2 Å². The molecule has 1 saturated heterocycles. The molecule has 1 aliphatic heterocycles. The average molecular weight is 232 g/mol. The maximum absolute atomic E-state index is 11.4. The highest BCUT2D eigenvalue weighted by molar-refractivity contribution is 7.91. The van der Waals surface area contributed by atoms with Gasteiger partial charge in [0.05, 0.1) is 17.0 Å². The molecule has 1 aliphatic rings. The molecule has 6 heteroatoms. The lowest BCUT2D eigenvalue weighted by Gasteiger charge is -2.24. The summed E-state index contributed by atoms with van der Waals surface area (Å²) in [5.74, 6) is 0.428. The highest BCUT2D eigenvalue weighted by Gasteiger charge is 2.44. The van der Waals surface area contributed by atoms with Crippen molar-refractivity contribution < 1.29 is 8.42 Å². The van der Waals surface area contributed by atoms with E-state index in [1.807, 2.05) is 5.38 Å². The zero-order valence-corrected chi connectivity index (χ0v) is 9.49. The summed E-state index contributed by atoms with van der Waals surface area (Å²) in [5.41, 5.74) is -0.438. The minimum Gasteiger partial charge on any atom is -0.308 e. The largest absolute Gasteiger partial charge is 0.308 e. The molecule has 1 fully saturated rings. The Hall–Kier alpha value is -0.460. The molecular weight excluding hydrogens is 220 g/mol. The van der Waals surface area contributed by atoms with Crippen LogP contribution in [-0.4, -0.2) is 32.0 Å². The minimum atomic E-state index is -2.89. The molecule has 0 bridgehead atoms. The van der Waals surface area contributed by atoms with E-state index < -0.39 is 15.4 Å². The Morgan fingerprint density at radius 2 is 2.43 bits per heavy atom. The summed E-state index contributed by atoms with van der Waals surface area (Å²) in [6.07, 6.45) is 2.34. The highest BCUT2D eigenvalue weighted by atomic mass is 32.2. The predicted molar refractivity (Wildman–Crippen MR) is 56.1 cm³/mol. The fourth-order valence-corrected chi connectivity index (χ4v) is 4.73. The monoisotopic (exact) mass is 232 g/mol. The first-order valence-electron chi connectivity index (χ1n) is 4.37. The standard InChI is InChI=1S/C8H12N2O2S2/c1-9-8(7-10-3-4-13-7)2-5-14(11,12)6-8/h3-4,9H,2,5-6H2,1H3. The third-order valence-electron chi connectivity index (χ3n) is 2.63. The zero-order chi connectivity index (χ0) is 10.2. The smallest absolute Gasteiger partial charge is 0.152 e. The van der Waals surface area contributed by atoms with E-state index in [1.54, 1.807) is 13.2 Å². The summed E-state index contributed by atoms with van der Waals surface area (Å²) < 4.78 is 22.9. The molecule has 0 spiro atoms. The van der Waals surface area contributed by atoms with Gasteiger partial charge >= 0.3 is 0 Å². The van der Waals surface area contributed by atoms with E-state index >= 15 is 0 Å². The number of aromatic nitrogens is 1. The Balaban J connectivity index is 2.39. The quantitative estimate of drug-likeness (QED) is 0.800. The highest BCUT2D eigenvalue weighted by Crippen LogP contribution is 2.34. The Morgan fingerprint density at radius 3 is 2.86 bits per heavy atom. The summed E-state index contributed by atoms with van der Waals surface area (Å²) in [7, 11) is -1.09. The molecule has 0 saturated carbocycles. The van der Waals surface area contributed by atoms with Crippen LogP contribution < -0.4 is 5.32 Å². The first kappa shape index (κ1) is 10.1. The summed E-state index contributed by atoms with van der Waals surface area (Å²) in [4.78, 5) is 4.20. The molecule has 1 aromatic rings. The number of thiazole rings is 1. The summed E-state index contributed by atoms with van der Waals surface area (Å²) in [5, 5.41) is 5.85. The first-order valence-corrected chi connectivity index (χ1v) is 7.07. The van der Waals surface area contributed by atoms with Crippen LogP contribution in [0, 0.1) is 0 Å². The van der Waals surface area contributed by atoms with Crippen LogP contribution in [0.5, 0.6) is 0 Å². The molecule has 1 unspecified atom stereocenters. The molecular formula is C8H12N2O2S2. The molecule has 78 valence electrons. The number of hydrogen-bond donors (Lipinski definition) is 1. The van der Waals surface area contributed by atoms with Gasteiger partial charge in [-0.05, 0) is 13.5 Å². The van der Waals surface area contributed by atoms with Gasteiger partial charge < -0.3 is 5.32 Å². The van der Waals surface area contributed by atoms with Crippen molar-refractivity contribution in [2.24, 2.45) is 0 Å². The second-order valence-corrected chi connectivity index (χ2v) is 6.59. The van der Waals surface area contributed by atoms with Gasteiger partial charge in [0.25, 0.3) is 0 Å². The van der Waals surface area contributed by atoms with Gasteiger partial charge in [0.1, 0.15) is 5.01 Å². The van der Waals surface area contributed by atoms with Gasteiger partial charge in [-0.1, -0.05) is 0 Å². The molecule has 0 aliphatic carbocycles. The van der Waals surface area contributed by atoms with Crippen LogP contribution in [0.3, 0.4) is 0 Å². The Morgan fingerprint density at radius 1 is 1.64 bits per heavy atom. The Labute approximate surface area is 87.3 Å². The molecule has 0 aromatic carbocycles. The second-order valence-electron chi connectivity index (χ2n) is 3.51. The van der Waals surface area contributed by atoms with Gasteiger partial charge in [-0.25, -0.2) is 13.4 Å². The summed E-state index contributed by atoms with van der Waals surface area (Å²) in [6, 6.07) is 0. The van der Waals surface area contributed by atoms with Crippen LogP contribution in [0.2, 0.25) is 0 Å². The zero-order valence-electron chi connectivity index (χ0n) is 7.86. The van der Waals surface area contributed by atoms with E-state index in [9.17, 15) is 8.42 Å². The van der Waals surface area contributed by atoms with Crippen LogP contribution >= 0.6 is 11.3 Å². The molecule has 1 atom stereocenters. The lowest BCUT2D eigenvalue weighted by Crippen LogP contribution is -2.41. The molecule has 0 radical (unpaired) electrons. The second kappa shape index (κ2) is 3.29. The molecule has 2 heterocycles. The fraction of sp³-hybridized carbons (Fsp3) is 0.625. The molecule has 1 aromatic heterocycles. The fourth-order valence-electron chi connectivity index (χ4n) is 1.78. The van der Waals surface area contributed by atoms with E-state index in [0.29, 0.717) is 6.42 Å². The summed E-state index contributed by atoms with van der Waals surface area (Å²) in [6.45, 7) is 0. The summed E-state index contributed by atoms with van der Waals surface area (Å²) >= 11 is 1.51. The van der Waals surface area contributed by atoms with Crippen molar-refractivity contribution in [2.75, 3.05) is 18.6 Å². The van der Waals surface area contributed by atoms with Gasteiger partial charge in [0.15, 0.2) is 9.84 Å². The van der Waals surface area contributed by atoms with Crippen molar-refractivity contribution in [3.63, 3.8) is 0 Å². The van der Waals surface area contributed by atoms with Gasteiger partial charge in [0.2, 0.25) is 0 Å². The van der Waals surface area contributed by atoms with Crippen molar-refractivity contribution in [2.45, 2.75) is 12.0 Å². The number of sulfone groups is 1. The van der Waals surface area contributed by atoms with Crippen LogP contribution in [0.1, 0.15) is 11.4 Å². The maximum atomic E-state index is 11.4. The van der Waals surface area contributed by atoms with Crippen LogP contribution in [-0.2, 0) is 15.4 Å². The van der Waals surface area contributed by atoms with Gasteiger partial charge in [-0.15, -0.1) is 11.3 Å². The van der Waals surface area contributed by atoms with Crippen LogP contribution in [0.25, 0.3) is 0 Å². The maximum Gasteiger partial charge on any atom is 0.152 e.